The number of rotatable bonds is 4. The van der Waals surface area contributed by atoms with Gasteiger partial charge in [0.1, 0.15) is 5.82 Å². The van der Waals surface area contributed by atoms with Crippen molar-refractivity contribution in [3.8, 4) is 0 Å². The number of fused-ring (bicyclic) bond motifs is 1. The van der Waals surface area contributed by atoms with Crippen molar-refractivity contribution in [2.45, 2.75) is 25.0 Å². The van der Waals surface area contributed by atoms with E-state index in [1.165, 1.54) is 17.0 Å². The molecule has 1 unspecified atom stereocenters. The van der Waals surface area contributed by atoms with Gasteiger partial charge in [0, 0.05) is 35.9 Å². The van der Waals surface area contributed by atoms with E-state index in [2.05, 4.69) is 10.6 Å². The zero-order valence-corrected chi connectivity index (χ0v) is 15.9. The summed E-state index contributed by atoms with van der Waals surface area (Å²) < 4.78 is 13.4. The van der Waals surface area contributed by atoms with Gasteiger partial charge in [0.15, 0.2) is 0 Å². The van der Waals surface area contributed by atoms with Gasteiger partial charge in [0.2, 0.25) is 11.5 Å². The van der Waals surface area contributed by atoms with Gasteiger partial charge in [0.25, 0.3) is 11.8 Å². The molecule has 3 N–H and O–H groups in total. The molecule has 29 heavy (non-hydrogen) atoms. The van der Waals surface area contributed by atoms with Crippen LogP contribution in [-0.4, -0.2) is 35.0 Å². The SMILES string of the molecule is O=C1Cc2cc(N3CCC(O)(C(=O)NCc4cc(F)cc(Cl)c4)C3=O)ccc2N1. The number of nitrogens with zero attached hydrogens (tertiary/aromatic N) is 1. The summed E-state index contributed by atoms with van der Waals surface area (Å²) >= 11 is 5.79. The molecule has 0 bridgehead atoms. The highest BCUT2D eigenvalue weighted by Gasteiger charge is 2.51. The first-order valence-corrected chi connectivity index (χ1v) is 9.34. The van der Waals surface area contributed by atoms with E-state index in [1.807, 2.05) is 0 Å². The van der Waals surface area contributed by atoms with Gasteiger partial charge >= 0.3 is 0 Å². The first kappa shape index (κ1) is 19.4. The van der Waals surface area contributed by atoms with E-state index >= 15 is 0 Å². The topological polar surface area (TPSA) is 98.7 Å². The van der Waals surface area contributed by atoms with Crippen LogP contribution < -0.4 is 15.5 Å². The fourth-order valence-corrected chi connectivity index (χ4v) is 3.83. The quantitative estimate of drug-likeness (QED) is 0.660. The van der Waals surface area contributed by atoms with Gasteiger partial charge in [-0.2, -0.15) is 0 Å². The minimum atomic E-state index is -2.22. The number of nitrogens with one attached hydrogen (secondary N) is 2. The second-order valence-electron chi connectivity index (χ2n) is 7.09. The summed E-state index contributed by atoms with van der Waals surface area (Å²) in [4.78, 5) is 38.2. The molecule has 2 aromatic rings. The Bertz CT molecular complexity index is 1020. The van der Waals surface area contributed by atoms with Crippen molar-refractivity contribution in [1.29, 1.82) is 0 Å². The summed E-state index contributed by atoms with van der Waals surface area (Å²) in [5.74, 6) is -2.28. The number of hydrogen-bond donors (Lipinski definition) is 3. The Morgan fingerprint density at radius 2 is 2.07 bits per heavy atom. The van der Waals surface area contributed by atoms with Gasteiger partial charge in [-0.3, -0.25) is 14.4 Å². The highest BCUT2D eigenvalue weighted by Crippen LogP contribution is 2.33. The van der Waals surface area contributed by atoms with Crippen LogP contribution in [0.3, 0.4) is 0 Å². The monoisotopic (exact) mass is 417 g/mol. The van der Waals surface area contributed by atoms with Crippen molar-refractivity contribution < 1.29 is 23.9 Å². The van der Waals surface area contributed by atoms with E-state index < -0.39 is 23.2 Å². The van der Waals surface area contributed by atoms with Crippen LogP contribution in [0.4, 0.5) is 15.8 Å². The molecule has 1 atom stereocenters. The van der Waals surface area contributed by atoms with Gasteiger partial charge in [0.05, 0.1) is 6.42 Å². The molecule has 2 aliphatic rings. The lowest BCUT2D eigenvalue weighted by atomic mass is 10.0. The summed E-state index contributed by atoms with van der Waals surface area (Å²) in [6, 6.07) is 8.87. The Hall–Kier alpha value is -2.97. The zero-order valence-electron chi connectivity index (χ0n) is 15.2. The number of carbonyl (C=O) groups excluding carboxylic acids is 3. The summed E-state index contributed by atoms with van der Waals surface area (Å²) in [6.07, 6.45) is 0.127. The predicted octanol–water partition coefficient (Wildman–Crippen LogP) is 1.76. The minimum absolute atomic E-state index is 0.0848. The molecule has 0 saturated carbocycles. The lowest BCUT2D eigenvalue weighted by Crippen LogP contribution is -2.52. The van der Waals surface area contributed by atoms with Gasteiger partial charge < -0.3 is 20.6 Å². The van der Waals surface area contributed by atoms with E-state index in [1.54, 1.807) is 18.2 Å². The van der Waals surface area contributed by atoms with Gasteiger partial charge in [-0.05, 0) is 47.5 Å². The maximum Gasteiger partial charge on any atom is 0.268 e. The van der Waals surface area contributed by atoms with E-state index in [0.29, 0.717) is 16.9 Å². The first-order valence-electron chi connectivity index (χ1n) is 8.97. The van der Waals surface area contributed by atoms with Crippen LogP contribution in [0.1, 0.15) is 17.5 Å². The van der Waals surface area contributed by atoms with Crippen LogP contribution in [0, 0.1) is 5.82 Å². The molecule has 3 amide bonds. The van der Waals surface area contributed by atoms with Crippen LogP contribution in [0.2, 0.25) is 5.02 Å². The van der Waals surface area contributed by atoms with Crippen LogP contribution in [0.15, 0.2) is 36.4 Å². The fraction of sp³-hybridized carbons (Fsp3) is 0.250. The molecule has 7 nitrogen and oxygen atoms in total. The number of carbonyl (C=O) groups is 3. The van der Waals surface area contributed by atoms with E-state index in [-0.39, 0.29) is 36.9 Å². The fourth-order valence-electron chi connectivity index (χ4n) is 3.59. The Balaban J connectivity index is 1.47. The summed E-state index contributed by atoms with van der Waals surface area (Å²) in [5, 5.41) is 16.1. The lowest BCUT2D eigenvalue weighted by molar-refractivity contribution is -0.149. The maximum atomic E-state index is 13.4. The van der Waals surface area contributed by atoms with Crippen molar-refractivity contribution in [2.75, 3.05) is 16.8 Å². The van der Waals surface area contributed by atoms with Crippen molar-refractivity contribution in [3.05, 3.63) is 58.4 Å². The van der Waals surface area contributed by atoms with Crippen LogP contribution in [0.25, 0.3) is 0 Å². The molecule has 0 aromatic heterocycles. The molecule has 0 spiro atoms. The van der Waals surface area contributed by atoms with E-state index in [0.717, 1.165) is 11.6 Å². The third-order valence-corrected chi connectivity index (χ3v) is 5.29. The summed E-state index contributed by atoms with van der Waals surface area (Å²) in [7, 11) is 0. The molecule has 1 saturated heterocycles. The van der Waals surface area contributed by atoms with Gasteiger partial charge in [-0.25, -0.2) is 4.39 Å². The molecule has 150 valence electrons. The lowest BCUT2D eigenvalue weighted by Gasteiger charge is -2.22. The van der Waals surface area contributed by atoms with Crippen LogP contribution >= 0.6 is 11.6 Å². The van der Waals surface area contributed by atoms with Crippen molar-refractivity contribution in [3.63, 3.8) is 0 Å². The normalized spacial score (nSPS) is 20.6. The highest BCUT2D eigenvalue weighted by atomic mass is 35.5. The summed E-state index contributed by atoms with van der Waals surface area (Å²) in [6.45, 7) is 0.0627. The molecule has 2 aliphatic heterocycles. The van der Waals surface area contributed by atoms with Crippen LogP contribution in [-0.2, 0) is 27.3 Å². The van der Waals surface area contributed by atoms with Crippen molar-refractivity contribution >= 4 is 40.7 Å². The molecule has 2 heterocycles. The van der Waals surface area contributed by atoms with Crippen LogP contribution in [0.5, 0.6) is 0 Å². The molecule has 0 radical (unpaired) electrons. The number of amides is 3. The average molecular weight is 418 g/mol. The second-order valence-corrected chi connectivity index (χ2v) is 7.53. The Kier molecular flexibility index (Phi) is 4.76. The van der Waals surface area contributed by atoms with Crippen molar-refractivity contribution in [1.82, 2.24) is 5.32 Å². The molecular formula is C20H17ClFN3O4. The Morgan fingerprint density at radius 1 is 1.28 bits per heavy atom. The Morgan fingerprint density at radius 3 is 2.83 bits per heavy atom. The number of aliphatic hydroxyl groups is 1. The molecular weight excluding hydrogens is 401 g/mol. The minimum Gasteiger partial charge on any atom is -0.372 e. The van der Waals surface area contributed by atoms with E-state index in [9.17, 15) is 23.9 Å². The molecule has 0 aliphatic carbocycles. The molecule has 4 rings (SSSR count). The standard InChI is InChI=1S/C20H17ClFN3O4/c21-13-5-11(6-14(22)9-13)10-23-18(27)20(29)3-4-25(19(20)28)15-1-2-16-12(7-15)8-17(26)24-16/h1-2,5-7,9,29H,3-4,8,10H2,(H,23,27)(H,24,26). The van der Waals surface area contributed by atoms with Gasteiger partial charge in [-0.1, -0.05) is 11.6 Å². The zero-order chi connectivity index (χ0) is 20.8. The smallest absolute Gasteiger partial charge is 0.268 e. The van der Waals surface area contributed by atoms with E-state index in [4.69, 9.17) is 11.6 Å². The first-order chi connectivity index (χ1) is 13.8. The number of benzene rings is 2. The maximum absolute atomic E-state index is 13.4. The highest BCUT2D eigenvalue weighted by molar-refractivity contribution is 6.30. The average Bonchev–Trinajstić information content (AvgIpc) is 3.18. The molecule has 9 heteroatoms. The van der Waals surface area contributed by atoms with Gasteiger partial charge in [-0.15, -0.1) is 0 Å². The number of hydrogen-bond acceptors (Lipinski definition) is 4. The van der Waals surface area contributed by atoms with Crippen molar-refractivity contribution in [2.24, 2.45) is 0 Å². The second kappa shape index (κ2) is 7.13. The Labute approximate surface area is 170 Å². The number of halogens is 2. The number of anilines is 2. The molecule has 1 fully saturated rings. The third-order valence-electron chi connectivity index (χ3n) is 5.07. The largest absolute Gasteiger partial charge is 0.372 e. The summed E-state index contributed by atoms with van der Waals surface area (Å²) in [5.41, 5.74) is 0.135. The third kappa shape index (κ3) is 3.56. The molecule has 2 aromatic carbocycles. The predicted molar refractivity (Wildman–Crippen MR) is 104 cm³/mol.